The summed E-state index contributed by atoms with van der Waals surface area (Å²) in [4.78, 5) is 35.1. The van der Waals surface area contributed by atoms with Crippen LogP contribution in [0.2, 0.25) is 0 Å². The molecule has 20 heavy (non-hydrogen) atoms. The van der Waals surface area contributed by atoms with E-state index in [1.54, 1.807) is 0 Å². The number of nitrogens with zero attached hydrogens (tertiary/aromatic N) is 2. The zero-order valence-corrected chi connectivity index (χ0v) is 10.7. The molecule has 1 aromatic carbocycles. The number of hydrogen-bond donors (Lipinski definition) is 0. The van der Waals surface area contributed by atoms with E-state index in [1.165, 1.54) is 24.1 Å². The fraction of sp³-hybridized carbons (Fsp3) is 0.333. The molecule has 0 bridgehead atoms. The highest BCUT2D eigenvalue weighted by Gasteiger charge is 2.26. The van der Waals surface area contributed by atoms with Crippen molar-refractivity contribution >= 4 is 23.3 Å². The van der Waals surface area contributed by atoms with E-state index in [0.29, 0.717) is 6.61 Å². The lowest BCUT2D eigenvalue weighted by Gasteiger charge is -2.28. The topological polar surface area (TPSA) is 99.0 Å². The molecule has 106 valence electrons. The van der Waals surface area contributed by atoms with Crippen LogP contribution in [0.5, 0.6) is 0 Å². The lowest BCUT2D eigenvalue weighted by Crippen LogP contribution is -2.42. The number of esters is 1. The minimum Gasteiger partial charge on any atom is -0.465 e. The van der Waals surface area contributed by atoms with Gasteiger partial charge in [-0.3, -0.25) is 14.9 Å². The molecule has 8 heteroatoms. The number of rotatable bonds is 3. The van der Waals surface area contributed by atoms with Crippen LogP contribution in [0, 0.1) is 10.1 Å². The standard InChI is InChI=1S/C12H12N2O6/c1-19-12(16)9-6-8(14(17)18)2-3-10(9)13-4-5-20-7-11(13)15/h2-3,6H,4-5,7H2,1H3. The van der Waals surface area contributed by atoms with Gasteiger partial charge in [0.2, 0.25) is 0 Å². The SMILES string of the molecule is COC(=O)c1cc([N+](=O)[O-])ccc1N1CCOCC1=O. The number of benzene rings is 1. The molecular formula is C12H12N2O6. The molecule has 0 unspecified atom stereocenters. The number of carbonyl (C=O) groups excluding carboxylic acids is 2. The summed E-state index contributed by atoms with van der Waals surface area (Å²) in [6, 6.07) is 3.71. The first-order valence-electron chi connectivity index (χ1n) is 5.79. The predicted molar refractivity (Wildman–Crippen MR) is 67.6 cm³/mol. The molecule has 2 rings (SSSR count). The van der Waals surface area contributed by atoms with Crippen LogP contribution in [0.1, 0.15) is 10.4 Å². The molecule has 1 heterocycles. The van der Waals surface area contributed by atoms with Crippen LogP contribution in [-0.4, -0.2) is 43.7 Å². The van der Waals surface area contributed by atoms with Gasteiger partial charge in [-0.15, -0.1) is 0 Å². The Balaban J connectivity index is 2.48. The number of hydrogen-bond acceptors (Lipinski definition) is 6. The number of non-ortho nitro benzene ring substituents is 1. The fourth-order valence-corrected chi connectivity index (χ4v) is 1.92. The molecule has 0 N–H and O–H groups in total. The van der Waals surface area contributed by atoms with Crippen molar-refractivity contribution in [3.63, 3.8) is 0 Å². The highest BCUT2D eigenvalue weighted by atomic mass is 16.6. The van der Waals surface area contributed by atoms with E-state index in [4.69, 9.17) is 4.74 Å². The first-order chi connectivity index (χ1) is 9.54. The highest BCUT2D eigenvalue weighted by Crippen LogP contribution is 2.27. The molecule has 8 nitrogen and oxygen atoms in total. The third-order valence-electron chi connectivity index (χ3n) is 2.87. The van der Waals surface area contributed by atoms with E-state index >= 15 is 0 Å². The minimum absolute atomic E-state index is 0.0167. The van der Waals surface area contributed by atoms with Gasteiger partial charge in [-0.25, -0.2) is 4.79 Å². The first kappa shape index (κ1) is 13.9. The van der Waals surface area contributed by atoms with Crippen molar-refractivity contribution < 1.29 is 24.0 Å². The second-order valence-electron chi connectivity index (χ2n) is 4.05. The second kappa shape index (κ2) is 5.66. The number of nitro benzene ring substituents is 1. The van der Waals surface area contributed by atoms with E-state index in [2.05, 4.69) is 4.74 Å². The Hall–Kier alpha value is -2.48. The maximum Gasteiger partial charge on any atom is 0.340 e. The van der Waals surface area contributed by atoms with Gasteiger partial charge >= 0.3 is 5.97 Å². The lowest BCUT2D eigenvalue weighted by molar-refractivity contribution is -0.384. The van der Waals surface area contributed by atoms with Crippen LogP contribution in [-0.2, 0) is 14.3 Å². The Morgan fingerprint density at radius 2 is 2.25 bits per heavy atom. The number of carbonyl (C=O) groups is 2. The van der Waals surface area contributed by atoms with Crippen LogP contribution < -0.4 is 4.90 Å². The average Bonchev–Trinajstić information content (AvgIpc) is 2.46. The van der Waals surface area contributed by atoms with Gasteiger partial charge in [-0.05, 0) is 6.07 Å². The molecule has 1 saturated heterocycles. The molecule has 1 aliphatic rings. The monoisotopic (exact) mass is 280 g/mol. The van der Waals surface area contributed by atoms with E-state index in [0.717, 1.165) is 6.07 Å². The molecule has 0 aromatic heterocycles. The van der Waals surface area contributed by atoms with Gasteiger partial charge < -0.3 is 14.4 Å². The summed E-state index contributed by atoms with van der Waals surface area (Å²) < 4.78 is 9.61. The Labute approximate surface area is 114 Å². The molecule has 0 aliphatic carbocycles. The molecule has 0 saturated carbocycles. The number of morpholine rings is 1. The molecule has 0 atom stereocenters. The number of nitro groups is 1. The van der Waals surface area contributed by atoms with Crippen LogP contribution in [0.3, 0.4) is 0 Å². The zero-order valence-electron chi connectivity index (χ0n) is 10.7. The molecule has 1 aliphatic heterocycles. The molecule has 0 spiro atoms. The quantitative estimate of drug-likeness (QED) is 0.460. The highest BCUT2D eigenvalue weighted by molar-refractivity contribution is 6.03. The molecule has 1 amide bonds. The Morgan fingerprint density at radius 1 is 1.50 bits per heavy atom. The van der Waals surface area contributed by atoms with E-state index in [9.17, 15) is 19.7 Å². The summed E-state index contributed by atoms with van der Waals surface area (Å²) in [5.41, 5.74) is 0.0301. The second-order valence-corrected chi connectivity index (χ2v) is 4.05. The van der Waals surface area contributed by atoms with Crippen LogP contribution in [0.15, 0.2) is 18.2 Å². The summed E-state index contributed by atoms with van der Waals surface area (Å²) in [7, 11) is 1.17. The Bertz CT molecular complexity index is 571. The summed E-state index contributed by atoms with van der Waals surface area (Å²) in [5.74, 6) is -1.04. The first-order valence-corrected chi connectivity index (χ1v) is 5.79. The molecular weight excluding hydrogens is 268 g/mol. The predicted octanol–water partition coefficient (Wildman–Crippen LogP) is 0.745. The average molecular weight is 280 g/mol. The molecule has 0 radical (unpaired) electrons. The lowest BCUT2D eigenvalue weighted by atomic mass is 10.1. The summed E-state index contributed by atoms with van der Waals surface area (Å²) in [5, 5.41) is 10.8. The van der Waals surface area contributed by atoms with Gasteiger partial charge in [0.15, 0.2) is 0 Å². The van der Waals surface area contributed by atoms with Gasteiger partial charge in [0.05, 0.1) is 29.9 Å². The van der Waals surface area contributed by atoms with Gasteiger partial charge in [0.25, 0.3) is 11.6 Å². The Kier molecular flexibility index (Phi) is 3.94. The summed E-state index contributed by atoms with van der Waals surface area (Å²) >= 11 is 0. The third kappa shape index (κ3) is 2.59. The number of ether oxygens (including phenoxy) is 2. The number of anilines is 1. The van der Waals surface area contributed by atoms with Crippen LogP contribution in [0.4, 0.5) is 11.4 Å². The van der Waals surface area contributed by atoms with E-state index < -0.39 is 10.9 Å². The maximum atomic E-state index is 11.8. The summed E-state index contributed by atoms with van der Waals surface area (Å²) in [6.07, 6.45) is 0. The van der Waals surface area contributed by atoms with E-state index in [-0.39, 0.29) is 36.0 Å². The van der Waals surface area contributed by atoms with Crippen molar-refractivity contribution in [2.45, 2.75) is 0 Å². The smallest absolute Gasteiger partial charge is 0.340 e. The van der Waals surface area contributed by atoms with Gasteiger partial charge in [-0.1, -0.05) is 0 Å². The largest absolute Gasteiger partial charge is 0.465 e. The van der Waals surface area contributed by atoms with Crippen molar-refractivity contribution in [3.05, 3.63) is 33.9 Å². The van der Waals surface area contributed by atoms with Crippen LogP contribution in [0.25, 0.3) is 0 Å². The summed E-state index contributed by atoms with van der Waals surface area (Å²) in [6.45, 7) is 0.529. The van der Waals surface area contributed by atoms with Gasteiger partial charge in [0, 0.05) is 18.7 Å². The van der Waals surface area contributed by atoms with Crippen molar-refractivity contribution in [1.29, 1.82) is 0 Å². The van der Waals surface area contributed by atoms with Crippen molar-refractivity contribution in [2.24, 2.45) is 0 Å². The maximum absolute atomic E-state index is 11.8. The van der Waals surface area contributed by atoms with Crippen molar-refractivity contribution in [1.82, 2.24) is 0 Å². The molecule has 1 fully saturated rings. The fourth-order valence-electron chi connectivity index (χ4n) is 1.92. The number of methoxy groups -OCH3 is 1. The number of amides is 1. The Morgan fingerprint density at radius 3 is 2.85 bits per heavy atom. The normalized spacial score (nSPS) is 15.1. The van der Waals surface area contributed by atoms with Gasteiger partial charge in [0.1, 0.15) is 6.61 Å². The molecule has 1 aromatic rings. The zero-order chi connectivity index (χ0) is 14.7. The van der Waals surface area contributed by atoms with E-state index in [1.807, 2.05) is 0 Å². The minimum atomic E-state index is -0.733. The van der Waals surface area contributed by atoms with Crippen molar-refractivity contribution in [2.75, 3.05) is 31.8 Å². The van der Waals surface area contributed by atoms with Gasteiger partial charge in [-0.2, -0.15) is 0 Å². The van der Waals surface area contributed by atoms with Crippen LogP contribution >= 0.6 is 0 Å². The van der Waals surface area contributed by atoms with Crippen molar-refractivity contribution in [3.8, 4) is 0 Å². The third-order valence-corrected chi connectivity index (χ3v) is 2.87.